The summed E-state index contributed by atoms with van der Waals surface area (Å²) in [6.45, 7) is 0. The Hall–Kier alpha value is -2.82. The first-order valence-electron chi connectivity index (χ1n) is 7.35. The Bertz CT molecular complexity index is 673. The third kappa shape index (κ3) is 4.57. The van der Waals surface area contributed by atoms with Crippen LogP contribution in [-0.4, -0.2) is 40.3 Å². The van der Waals surface area contributed by atoms with Crippen LogP contribution in [0.15, 0.2) is 53.6 Å². The Morgan fingerprint density at radius 1 is 0.870 bits per heavy atom. The number of amides is 1. The van der Waals surface area contributed by atoms with Crippen LogP contribution in [0.25, 0.3) is 0 Å². The third-order valence-corrected chi connectivity index (χ3v) is 3.44. The summed E-state index contributed by atoms with van der Waals surface area (Å²) in [5, 5.41) is 4.00. The number of hydrazone groups is 1. The van der Waals surface area contributed by atoms with Crippen molar-refractivity contribution in [2.24, 2.45) is 5.10 Å². The zero-order chi connectivity index (χ0) is 16.8. The molecule has 0 aromatic heterocycles. The summed E-state index contributed by atoms with van der Waals surface area (Å²) < 4.78 is 0. The Morgan fingerprint density at radius 3 is 1.83 bits per heavy atom. The molecular weight excluding hydrogens is 288 g/mol. The van der Waals surface area contributed by atoms with Crippen molar-refractivity contribution in [3.05, 3.63) is 59.7 Å². The maximum atomic E-state index is 12.0. The van der Waals surface area contributed by atoms with Crippen molar-refractivity contribution in [3.8, 4) is 0 Å². The minimum Gasteiger partial charge on any atom is -0.378 e. The maximum absolute atomic E-state index is 12.0. The molecule has 1 amide bonds. The Kier molecular flexibility index (Phi) is 5.36. The number of carbonyl (C=O) groups is 1. The molecule has 5 nitrogen and oxygen atoms in total. The molecule has 0 bridgehead atoms. The SMILES string of the molecule is CN(C)c1ccc(/C=N/NC(=O)c2ccc(N(C)C)cc2)cc1. The van der Waals surface area contributed by atoms with Crippen LogP contribution < -0.4 is 15.2 Å². The smallest absolute Gasteiger partial charge is 0.271 e. The highest BCUT2D eigenvalue weighted by Gasteiger charge is 2.04. The highest BCUT2D eigenvalue weighted by molar-refractivity contribution is 5.95. The van der Waals surface area contributed by atoms with Gasteiger partial charge in [-0.1, -0.05) is 12.1 Å². The molecule has 0 fully saturated rings. The number of hydrogen-bond acceptors (Lipinski definition) is 4. The number of benzene rings is 2. The summed E-state index contributed by atoms with van der Waals surface area (Å²) in [6, 6.07) is 15.3. The van der Waals surface area contributed by atoms with E-state index in [0.717, 1.165) is 16.9 Å². The zero-order valence-corrected chi connectivity index (χ0v) is 13.9. The van der Waals surface area contributed by atoms with Crippen LogP contribution in [0.5, 0.6) is 0 Å². The van der Waals surface area contributed by atoms with E-state index in [-0.39, 0.29) is 5.91 Å². The lowest BCUT2D eigenvalue weighted by atomic mass is 10.2. The molecule has 0 aliphatic carbocycles. The summed E-state index contributed by atoms with van der Waals surface area (Å²) in [5.74, 6) is -0.225. The molecule has 2 rings (SSSR count). The molecule has 2 aromatic rings. The van der Waals surface area contributed by atoms with Crippen molar-refractivity contribution < 1.29 is 4.79 Å². The van der Waals surface area contributed by atoms with E-state index in [1.165, 1.54) is 0 Å². The van der Waals surface area contributed by atoms with Crippen molar-refractivity contribution in [2.45, 2.75) is 0 Å². The second kappa shape index (κ2) is 7.45. The van der Waals surface area contributed by atoms with E-state index in [9.17, 15) is 4.79 Å². The maximum Gasteiger partial charge on any atom is 0.271 e. The van der Waals surface area contributed by atoms with Crippen LogP contribution >= 0.6 is 0 Å². The molecule has 0 spiro atoms. The number of nitrogens with zero attached hydrogens (tertiary/aromatic N) is 3. The van der Waals surface area contributed by atoms with Gasteiger partial charge in [-0.05, 0) is 42.0 Å². The van der Waals surface area contributed by atoms with E-state index < -0.39 is 0 Å². The van der Waals surface area contributed by atoms with Gasteiger partial charge in [-0.15, -0.1) is 0 Å². The van der Waals surface area contributed by atoms with Crippen LogP contribution in [0.1, 0.15) is 15.9 Å². The van der Waals surface area contributed by atoms with Gasteiger partial charge in [0, 0.05) is 45.1 Å². The first-order chi connectivity index (χ1) is 11.0. The molecule has 0 aliphatic heterocycles. The molecular formula is C18H22N4O. The van der Waals surface area contributed by atoms with Crippen LogP contribution in [0.3, 0.4) is 0 Å². The lowest BCUT2D eigenvalue weighted by Crippen LogP contribution is -2.18. The van der Waals surface area contributed by atoms with Crippen LogP contribution in [0, 0.1) is 0 Å². The number of rotatable bonds is 5. The summed E-state index contributed by atoms with van der Waals surface area (Å²) in [7, 11) is 7.90. The summed E-state index contributed by atoms with van der Waals surface area (Å²) >= 11 is 0. The van der Waals surface area contributed by atoms with Gasteiger partial charge in [0.15, 0.2) is 0 Å². The van der Waals surface area contributed by atoms with Crippen molar-refractivity contribution in [1.29, 1.82) is 0 Å². The number of hydrogen-bond donors (Lipinski definition) is 1. The number of anilines is 2. The fraction of sp³-hybridized carbons (Fsp3) is 0.222. The van der Waals surface area contributed by atoms with E-state index in [1.54, 1.807) is 18.3 Å². The summed E-state index contributed by atoms with van der Waals surface area (Å²) in [4.78, 5) is 16.0. The largest absolute Gasteiger partial charge is 0.378 e. The average molecular weight is 310 g/mol. The van der Waals surface area contributed by atoms with Gasteiger partial charge < -0.3 is 9.80 Å². The molecule has 1 N–H and O–H groups in total. The van der Waals surface area contributed by atoms with Gasteiger partial charge in [0.05, 0.1) is 6.21 Å². The Balaban J connectivity index is 1.95. The molecule has 0 atom stereocenters. The first kappa shape index (κ1) is 16.5. The molecule has 0 radical (unpaired) electrons. The van der Waals surface area contributed by atoms with E-state index >= 15 is 0 Å². The number of nitrogens with one attached hydrogen (secondary N) is 1. The van der Waals surface area contributed by atoms with Gasteiger partial charge in [0.2, 0.25) is 0 Å². The van der Waals surface area contributed by atoms with E-state index in [1.807, 2.05) is 74.4 Å². The van der Waals surface area contributed by atoms with Crippen molar-refractivity contribution in [3.63, 3.8) is 0 Å². The molecule has 120 valence electrons. The van der Waals surface area contributed by atoms with Crippen LogP contribution in [0.2, 0.25) is 0 Å². The van der Waals surface area contributed by atoms with Gasteiger partial charge >= 0.3 is 0 Å². The average Bonchev–Trinajstić information content (AvgIpc) is 2.55. The van der Waals surface area contributed by atoms with E-state index in [4.69, 9.17) is 0 Å². The molecule has 0 heterocycles. The minimum absolute atomic E-state index is 0.225. The zero-order valence-electron chi connectivity index (χ0n) is 13.9. The fourth-order valence-electron chi connectivity index (χ4n) is 2.00. The normalized spacial score (nSPS) is 10.6. The molecule has 0 unspecified atom stereocenters. The minimum atomic E-state index is -0.225. The molecule has 0 saturated heterocycles. The highest BCUT2D eigenvalue weighted by Crippen LogP contribution is 2.12. The standard InChI is InChI=1S/C18H22N4O/c1-21(2)16-9-5-14(6-10-16)13-19-20-18(23)15-7-11-17(12-8-15)22(3)4/h5-13H,1-4H3,(H,20,23)/b19-13+. The first-order valence-corrected chi connectivity index (χ1v) is 7.35. The topological polar surface area (TPSA) is 47.9 Å². The van der Waals surface area contributed by atoms with Crippen molar-refractivity contribution >= 4 is 23.5 Å². The highest BCUT2D eigenvalue weighted by atomic mass is 16.2. The predicted octanol–water partition coefficient (Wildman–Crippen LogP) is 2.58. The predicted molar refractivity (Wildman–Crippen MR) is 96.6 cm³/mol. The summed E-state index contributed by atoms with van der Waals surface area (Å²) in [5.41, 5.74) is 6.21. The molecule has 5 heteroatoms. The Labute approximate surface area is 137 Å². The van der Waals surface area contributed by atoms with Crippen LogP contribution in [0.4, 0.5) is 11.4 Å². The monoisotopic (exact) mass is 310 g/mol. The van der Waals surface area contributed by atoms with Gasteiger partial charge in [-0.2, -0.15) is 5.10 Å². The second-order valence-electron chi connectivity index (χ2n) is 5.63. The number of carbonyl (C=O) groups excluding carboxylic acids is 1. The third-order valence-electron chi connectivity index (χ3n) is 3.44. The lowest BCUT2D eigenvalue weighted by Gasteiger charge is -2.12. The van der Waals surface area contributed by atoms with E-state index in [0.29, 0.717) is 5.56 Å². The molecule has 0 saturated carbocycles. The Morgan fingerprint density at radius 2 is 1.35 bits per heavy atom. The fourth-order valence-corrected chi connectivity index (χ4v) is 2.00. The quantitative estimate of drug-likeness (QED) is 0.682. The van der Waals surface area contributed by atoms with Gasteiger partial charge in [-0.25, -0.2) is 5.43 Å². The molecule has 23 heavy (non-hydrogen) atoms. The van der Waals surface area contributed by atoms with Gasteiger partial charge in [0.1, 0.15) is 0 Å². The van der Waals surface area contributed by atoms with Gasteiger partial charge in [0.25, 0.3) is 5.91 Å². The summed E-state index contributed by atoms with van der Waals surface area (Å²) in [6.07, 6.45) is 1.63. The molecule has 0 aliphatic rings. The second-order valence-corrected chi connectivity index (χ2v) is 5.63. The van der Waals surface area contributed by atoms with Crippen molar-refractivity contribution in [2.75, 3.05) is 38.0 Å². The lowest BCUT2D eigenvalue weighted by molar-refractivity contribution is 0.0955. The van der Waals surface area contributed by atoms with Crippen LogP contribution in [-0.2, 0) is 0 Å². The molecule has 2 aromatic carbocycles. The van der Waals surface area contributed by atoms with Crippen molar-refractivity contribution in [1.82, 2.24) is 5.43 Å². The van der Waals surface area contributed by atoms with Gasteiger partial charge in [-0.3, -0.25) is 4.79 Å². The van der Waals surface area contributed by atoms with E-state index in [2.05, 4.69) is 10.5 Å².